The number of hydrogen-bond donors (Lipinski definition) is 2. The van der Waals surface area contributed by atoms with E-state index in [0.29, 0.717) is 23.1 Å². The zero-order valence-corrected chi connectivity index (χ0v) is 12.9. The van der Waals surface area contributed by atoms with Crippen LogP contribution in [0.25, 0.3) is 11.4 Å². The number of phenolic OH excluding ortho intramolecular Hbond substituents is 1. The third-order valence-electron chi connectivity index (χ3n) is 3.08. The predicted octanol–water partition coefficient (Wildman–Crippen LogP) is 3.65. The van der Waals surface area contributed by atoms with Crippen molar-refractivity contribution in [2.75, 3.05) is 12.4 Å². The van der Waals surface area contributed by atoms with Crippen molar-refractivity contribution >= 4 is 23.2 Å². The lowest BCUT2D eigenvalue weighted by atomic mass is 10.2. The van der Waals surface area contributed by atoms with E-state index in [0.717, 1.165) is 5.69 Å². The Hall–Kier alpha value is -2.86. The second-order valence-electron chi connectivity index (χ2n) is 4.62. The van der Waals surface area contributed by atoms with Crippen molar-refractivity contribution in [3.05, 3.63) is 53.8 Å². The van der Waals surface area contributed by atoms with Crippen molar-refractivity contribution in [2.24, 2.45) is 0 Å². The van der Waals surface area contributed by atoms with Crippen molar-refractivity contribution in [3.63, 3.8) is 0 Å². The van der Waals surface area contributed by atoms with Crippen LogP contribution in [0.1, 0.15) is 0 Å². The highest BCUT2D eigenvalue weighted by atomic mass is 35.5. The van der Waals surface area contributed by atoms with E-state index in [1.165, 1.54) is 0 Å². The third kappa shape index (κ3) is 3.49. The quantitative estimate of drug-likeness (QED) is 0.712. The Kier molecular flexibility index (Phi) is 4.25. The number of nitrogens with one attached hydrogen (secondary N) is 1. The predicted molar refractivity (Wildman–Crippen MR) is 88.2 cm³/mol. The maximum Gasteiger partial charge on any atom is 0.232 e. The minimum atomic E-state index is 0.0715. The second kappa shape index (κ2) is 6.50. The molecule has 2 aromatic carbocycles. The molecule has 0 aliphatic carbocycles. The number of phenols is 1. The highest BCUT2D eigenvalue weighted by Crippen LogP contribution is 2.28. The maximum atomic E-state index is 9.31. The smallest absolute Gasteiger partial charge is 0.232 e. The van der Waals surface area contributed by atoms with Gasteiger partial charge in [-0.05, 0) is 48.0 Å². The van der Waals surface area contributed by atoms with E-state index in [1.807, 2.05) is 24.3 Å². The maximum absolute atomic E-state index is 9.31. The van der Waals surface area contributed by atoms with Gasteiger partial charge in [-0.25, -0.2) is 0 Å². The molecule has 0 bridgehead atoms. The van der Waals surface area contributed by atoms with Crippen LogP contribution in [-0.4, -0.2) is 27.2 Å². The van der Waals surface area contributed by atoms with Crippen molar-refractivity contribution in [1.82, 2.24) is 15.0 Å². The number of nitrogens with zero attached hydrogens (tertiary/aromatic N) is 3. The number of anilines is 2. The fraction of sp³-hybridized carbons (Fsp3) is 0.0625. The van der Waals surface area contributed by atoms with E-state index >= 15 is 0 Å². The number of rotatable bonds is 4. The molecule has 0 fully saturated rings. The number of ether oxygens (including phenoxy) is 1. The first-order chi connectivity index (χ1) is 11.2. The molecule has 0 unspecified atom stereocenters. The topological polar surface area (TPSA) is 80.2 Å². The van der Waals surface area contributed by atoms with Gasteiger partial charge in [0, 0.05) is 5.69 Å². The molecule has 0 aliphatic heterocycles. The molecule has 0 aliphatic rings. The summed E-state index contributed by atoms with van der Waals surface area (Å²) in [6.07, 6.45) is 0. The van der Waals surface area contributed by atoms with E-state index in [-0.39, 0.29) is 11.0 Å². The van der Waals surface area contributed by atoms with Crippen LogP contribution in [0.2, 0.25) is 5.28 Å². The van der Waals surface area contributed by atoms with Crippen LogP contribution in [0.15, 0.2) is 48.5 Å². The Morgan fingerprint density at radius 2 is 1.74 bits per heavy atom. The van der Waals surface area contributed by atoms with Crippen molar-refractivity contribution in [1.29, 1.82) is 0 Å². The number of aromatic hydroxyl groups is 1. The van der Waals surface area contributed by atoms with Gasteiger partial charge >= 0.3 is 0 Å². The zero-order chi connectivity index (χ0) is 16.2. The molecule has 7 heteroatoms. The molecule has 23 heavy (non-hydrogen) atoms. The van der Waals surface area contributed by atoms with Crippen LogP contribution in [0.5, 0.6) is 11.5 Å². The lowest BCUT2D eigenvalue weighted by Crippen LogP contribution is -2.02. The number of halogens is 1. The lowest BCUT2D eigenvalue weighted by Gasteiger charge is -2.09. The summed E-state index contributed by atoms with van der Waals surface area (Å²) in [5.41, 5.74) is 1.43. The van der Waals surface area contributed by atoms with E-state index < -0.39 is 0 Å². The van der Waals surface area contributed by atoms with Crippen molar-refractivity contribution < 1.29 is 9.84 Å². The van der Waals surface area contributed by atoms with Gasteiger partial charge < -0.3 is 15.2 Å². The largest absolute Gasteiger partial charge is 0.508 e. The fourth-order valence-corrected chi connectivity index (χ4v) is 2.19. The fourth-order valence-electron chi connectivity index (χ4n) is 2.03. The first-order valence-corrected chi connectivity index (χ1v) is 7.14. The average Bonchev–Trinajstić information content (AvgIpc) is 2.56. The van der Waals surface area contributed by atoms with Gasteiger partial charge in [-0.2, -0.15) is 15.0 Å². The van der Waals surface area contributed by atoms with Crippen LogP contribution in [0, 0.1) is 0 Å². The van der Waals surface area contributed by atoms with Gasteiger partial charge in [0.25, 0.3) is 0 Å². The SMILES string of the molecule is COc1ccccc1-c1nc(Cl)nc(Nc2ccc(O)cc2)n1. The van der Waals surface area contributed by atoms with E-state index in [1.54, 1.807) is 31.4 Å². The molecule has 6 nitrogen and oxygen atoms in total. The molecule has 0 amide bonds. The first kappa shape index (κ1) is 15.1. The number of methoxy groups -OCH3 is 1. The first-order valence-electron chi connectivity index (χ1n) is 6.77. The Morgan fingerprint density at radius 1 is 1.00 bits per heavy atom. The normalized spacial score (nSPS) is 10.3. The van der Waals surface area contributed by atoms with Crippen molar-refractivity contribution in [2.45, 2.75) is 0 Å². The van der Waals surface area contributed by atoms with Gasteiger partial charge in [-0.1, -0.05) is 12.1 Å². The van der Waals surface area contributed by atoms with Gasteiger partial charge in [-0.15, -0.1) is 0 Å². The number of benzene rings is 2. The Labute approximate surface area is 137 Å². The van der Waals surface area contributed by atoms with Gasteiger partial charge in [0.05, 0.1) is 12.7 Å². The molecule has 116 valence electrons. The van der Waals surface area contributed by atoms with E-state index in [4.69, 9.17) is 16.3 Å². The summed E-state index contributed by atoms with van der Waals surface area (Å²) in [7, 11) is 1.58. The molecule has 0 spiro atoms. The van der Waals surface area contributed by atoms with Gasteiger partial charge in [0.2, 0.25) is 11.2 Å². The monoisotopic (exact) mass is 328 g/mol. The molecule has 1 heterocycles. The molecule has 0 atom stereocenters. The molecule has 3 rings (SSSR count). The third-order valence-corrected chi connectivity index (χ3v) is 3.25. The van der Waals surface area contributed by atoms with Crippen LogP contribution < -0.4 is 10.1 Å². The molecular weight excluding hydrogens is 316 g/mol. The number of hydrogen-bond acceptors (Lipinski definition) is 6. The minimum Gasteiger partial charge on any atom is -0.508 e. The molecule has 1 aromatic heterocycles. The summed E-state index contributed by atoms with van der Waals surface area (Å²) >= 11 is 6.00. The summed E-state index contributed by atoms with van der Waals surface area (Å²) in [6.45, 7) is 0. The molecular formula is C16H13ClN4O2. The summed E-state index contributed by atoms with van der Waals surface area (Å²) in [4.78, 5) is 12.6. The summed E-state index contributed by atoms with van der Waals surface area (Å²) in [5.74, 6) is 1.53. The van der Waals surface area contributed by atoms with Gasteiger partial charge in [0.1, 0.15) is 11.5 Å². The average molecular weight is 329 g/mol. The Balaban J connectivity index is 1.97. The molecule has 0 radical (unpaired) electrons. The highest BCUT2D eigenvalue weighted by Gasteiger charge is 2.11. The Bertz CT molecular complexity index is 825. The summed E-state index contributed by atoms with van der Waals surface area (Å²) in [6, 6.07) is 13.9. The summed E-state index contributed by atoms with van der Waals surface area (Å²) < 4.78 is 5.32. The minimum absolute atomic E-state index is 0.0715. The highest BCUT2D eigenvalue weighted by molar-refractivity contribution is 6.28. The zero-order valence-electron chi connectivity index (χ0n) is 12.2. The van der Waals surface area contributed by atoms with Crippen LogP contribution in [-0.2, 0) is 0 Å². The van der Waals surface area contributed by atoms with Crippen LogP contribution in [0.4, 0.5) is 11.6 Å². The lowest BCUT2D eigenvalue weighted by molar-refractivity contribution is 0.416. The Morgan fingerprint density at radius 3 is 2.48 bits per heavy atom. The van der Waals surface area contributed by atoms with E-state index in [9.17, 15) is 5.11 Å². The molecule has 3 aromatic rings. The van der Waals surface area contributed by atoms with Crippen LogP contribution >= 0.6 is 11.6 Å². The molecule has 2 N–H and O–H groups in total. The molecule has 0 saturated heterocycles. The van der Waals surface area contributed by atoms with E-state index in [2.05, 4.69) is 20.3 Å². The standard InChI is InChI=1S/C16H13ClN4O2/c1-23-13-5-3-2-4-12(13)14-19-15(17)21-16(20-14)18-10-6-8-11(22)9-7-10/h2-9,22H,1H3,(H,18,19,20,21). The van der Waals surface area contributed by atoms with Crippen molar-refractivity contribution in [3.8, 4) is 22.9 Å². The van der Waals surface area contributed by atoms with Gasteiger partial charge in [-0.3, -0.25) is 0 Å². The second-order valence-corrected chi connectivity index (χ2v) is 4.96. The van der Waals surface area contributed by atoms with Crippen LogP contribution in [0.3, 0.4) is 0 Å². The molecule has 0 saturated carbocycles. The number of aromatic nitrogens is 3. The number of para-hydroxylation sites is 1. The summed E-state index contributed by atoms with van der Waals surface area (Å²) in [5, 5.41) is 12.4. The van der Waals surface area contributed by atoms with Gasteiger partial charge in [0.15, 0.2) is 5.82 Å².